The molecular formula is C19H18N4O2. The summed E-state index contributed by atoms with van der Waals surface area (Å²) in [5, 5.41) is 7.75. The van der Waals surface area contributed by atoms with E-state index in [1.807, 2.05) is 47.4 Å². The van der Waals surface area contributed by atoms with Crippen LogP contribution in [-0.2, 0) is 11.2 Å². The molecule has 2 aromatic carbocycles. The van der Waals surface area contributed by atoms with E-state index in [4.69, 9.17) is 4.74 Å². The molecule has 1 unspecified atom stereocenters. The van der Waals surface area contributed by atoms with E-state index in [9.17, 15) is 4.79 Å². The number of benzene rings is 2. The molecule has 6 nitrogen and oxygen atoms in total. The van der Waals surface area contributed by atoms with Crippen molar-refractivity contribution in [3.05, 3.63) is 66.5 Å². The van der Waals surface area contributed by atoms with Crippen molar-refractivity contribution in [1.82, 2.24) is 15.0 Å². The van der Waals surface area contributed by atoms with Crippen molar-refractivity contribution in [2.75, 3.05) is 11.5 Å². The van der Waals surface area contributed by atoms with Crippen LogP contribution in [-0.4, -0.2) is 33.5 Å². The van der Waals surface area contributed by atoms with Crippen LogP contribution in [0.15, 0.2) is 60.9 Å². The average molecular weight is 334 g/mol. The van der Waals surface area contributed by atoms with Crippen molar-refractivity contribution in [3.63, 3.8) is 0 Å². The number of amides is 1. The van der Waals surface area contributed by atoms with Gasteiger partial charge in [-0.25, -0.2) is 4.68 Å². The first-order chi connectivity index (χ1) is 12.2. The topological polar surface area (TPSA) is 60.2 Å². The number of aromatic nitrogens is 3. The van der Waals surface area contributed by atoms with Gasteiger partial charge in [0, 0.05) is 17.8 Å². The van der Waals surface area contributed by atoms with Crippen LogP contribution < -0.4 is 9.64 Å². The Labute approximate surface area is 145 Å². The standard InChI is InChI=1S/C19H18N4O2/c1-14-11-15-5-2-3-8-18(15)23(14)19(24)13-25-17-7-4-6-16(12-17)22-10-9-20-21-22/h2-10,12,14H,11,13H2,1H3. The number of fused-ring (bicyclic) bond motifs is 1. The highest BCUT2D eigenvalue weighted by atomic mass is 16.5. The normalized spacial score (nSPS) is 15.9. The molecule has 6 heteroatoms. The SMILES string of the molecule is CC1Cc2ccccc2N1C(=O)COc1cccc(-n2ccnn2)c1. The molecule has 25 heavy (non-hydrogen) atoms. The highest BCUT2D eigenvalue weighted by molar-refractivity contribution is 5.97. The largest absolute Gasteiger partial charge is 0.484 e. The fraction of sp³-hybridized carbons (Fsp3) is 0.211. The van der Waals surface area contributed by atoms with Gasteiger partial charge in [0.1, 0.15) is 5.75 Å². The number of ether oxygens (including phenoxy) is 1. The summed E-state index contributed by atoms with van der Waals surface area (Å²) in [5.41, 5.74) is 3.03. The lowest BCUT2D eigenvalue weighted by Gasteiger charge is -2.22. The Balaban J connectivity index is 1.47. The summed E-state index contributed by atoms with van der Waals surface area (Å²) < 4.78 is 7.38. The van der Waals surface area contributed by atoms with Gasteiger partial charge in [0.2, 0.25) is 0 Å². The number of carbonyl (C=O) groups excluding carboxylic acids is 1. The molecule has 0 spiro atoms. The first-order valence-electron chi connectivity index (χ1n) is 8.22. The van der Waals surface area contributed by atoms with E-state index >= 15 is 0 Å². The van der Waals surface area contributed by atoms with E-state index in [-0.39, 0.29) is 18.6 Å². The average Bonchev–Trinajstić information content (AvgIpc) is 3.27. The molecule has 0 radical (unpaired) electrons. The second-order valence-corrected chi connectivity index (χ2v) is 6.08. The predicted octanol–water partition coefficient (Wildman–Crippen LogP) is 2.62. The lowest BCUT2D eigenvalue weighted by atomic mass is 10.1. The van der Waals surface area contributed by atoms with Crippen LogP contribution in [0.2, 0.25) is 0 Å². The Morgan fingerprint density at radius 1 is 1.24 bits per heavy atom. The Bertz CT molecular complexity index is 892. The summed E-state index contributed by atoms with van der Waals surface area (Å²) in [6.45, 7) is 2.06. The maximum absolute atomic E-state index is 12.7. The third-order valence-electron chi connectivity index (χ3n) is 4.34. The molecule has 3 aromatic rings. The van der Waals surface area contributed by atoms with E-state index in [1.54, 1.807) is 17.1 Å². The van der Waals surface area contributed by atoms with Crippen LogP contribution in [0, 0.1) is 0 Å². The minimum absolute atomic E-state index is 0.000511. The lowest BCUT2D eigenvalue weighted by molar-refractivity contribution is -0.120. The van der Waals surface area contributed by atoms with Crippen molar-refractivity contribution >= 4 is 11.6 Å². The molecule has 4 rings (SSSR count). The lowest BCUT2D eigenvalue weighted by Crippen LogP contribution is -2.39. The van der Waals surface area contributed by atoms with Crippen molar-refractivity contribution in [1.29, 1.82) is 0 Å². The van der Waals surface area contributed by atoms with Gasteiger partial charge in [0.25, 0.3) is 5.91 Å². The van der Waals surface area contributed by atoms with E-state index in [0.29, 0.717) is 5.75 Å². The number of nitrogens with zero attached hydrogens (tertiary/aromatic N) is 4. The van der Waals surface area contributed by atoms with Gasteiger partial charge in [0.05, 0.1) is 18.1 Å². The molecule has 0 fully saturated rings. The van der Waals surface area contributed by atoms with Gasteiger partial charge in [-0.2, -0.15) is 0 Å². The number of anilines is 1. The highest BCUT2D eigenvalue weighted by Crippen LogP contribution is 2.31. The van der Waals surface area contributed by atoms with Crippen molar-refractivity contribution in [3.8, 4) is 11.4 Å². The minimum Gasteiger partial charge on any atom is -0.484 e. The minimum atomic E-state index is -0.0383. The molecule has 0 bridgehead atoms. The first kappa shape index (κ1) is 15.4. The Hall–Kier alpha value is -3.15. The van der Waals surface area contributed by atoms with E-state index < -0.39 is 0 Å². The fourth-order valence-corrected chi connectivity index (χ4v) is 3.22. The molecule has 1 aromatic heterocycles. The second-order valence-electron chi connectivity index (χ2n) is 6.08. The van der Waals surface area contributed by atoms with Crippen LogP contribution in [0.1, 0.15) is 12.5 Å². The van der Waals surface area contributed by atoms with Gasteiger partial charge in [-0.3, -0.25) is 4.79 Å². The Kier molecular flexibility index (Phi) is 3.93. The maximum atomic E-state index is 12.7. The summed E-state index contributed by atoms with van der Waals surface area (Å²) in [4.78, 5) is 14.5. The highest BCUT2D eigenvalue weighted by Gasteiger charge is 2.30. The van der Waals surface area contributed by atoms with Gasteiger partial charge in [-0.1, -0.05) is 29.5 Å². The van der Waals surface area contributed by atoms with E-state index in [2.05, 4.69) is 23.3 Å². The Morgan fingerprint density at radius 3 is 2.96 bits per heavy atom. The zero-order chi connectivity index (χ0) is 17.2. The summed E-state index contributed by atoms with van der Waals surface area (Å²) in [5.74, 6) is 0.588. The van der Waals surface area contributed by atoms with Crippen LogP contribution >= 0.6 is 0 Å². The maximum Gasteiger partial charge on any atom is 0.265 e. The summed E-state index contributed by atoms with van der Waals surface area (Å²) in [7, 11) is 0. The van der Waals surface area contributed by atoms with Crippen LogP contribution in [0.25, 0.3) is 5.69 Å². The zero-order valence-corrected chi connectivity index (χ0v) is 13.9. The monoisotopic (exact) mass is 334 g/mol. The molecule has 126 valence electrons. The molecule has 1 amide bonds. The smallest absolute Gasteiger partial charge is 0.265 e. The molecule has 1 aliphatic rings. The number of rotatable bonds is 4. The van der Waals surface area contributed by atoms with Crippen LogP contribution in [0.3, 0.4) is 0 Å². The van der Waals surface area contributed by atoms with Crippen molar-refractivity contribution in [2.24, 2.45) is 0 Å². The molecule has 0 N–H and O–H groups in total. The van der Waals surface area contributed by atoms with E-state index in [0.717, 1.165) is 17.8 Å². The summed E-state index contributed by atoms with van der Waals surface area (Å²) in [6.07, 6.45) is 4.25. The first-order valence-corrected chi connectivity index (χ1v) is 8.22. The Morgan fingerprint density at radius 2 is 2.12 bits per heavy atom. The van der Waals surface area contributed by atoms with Crippen LogP contribution in [0.5, 0.6) is 5.75 Å². The van der Waals surface area contributed by atoms with Gasteiger partial charge in [-0.15, -0.1) is 5.10 Å². The van der Waals surface area contributed by atoms with Gasteiger partial charge < -0.3 is 9.64 Å². The predicted molar refractivity (Wildman–Crippen MR) is 93.9 cm³/mol. The molecule has 0 aliphatic carbocycles. The number of carbonyl (C=O) groups is 1. The van der Waals surface area contributed by atoms with Gasteiger partial charge in [0.15, 0.2) is 6.61 Å². The van der Waals surface area contributed by atoms with Gasteiger partial charge in [-0.05, 0) is 37.1 Å². The second kappa shape index (κ2) is 6.39. The zero-order valence-electron chi connectivity index (χ0n) is 13.9. The molecule has 1 atom stereocenters. The van der Waals surface area contributed by atoms with Gasteiger partial charge >= 0.3 is 0 Å². The molecular weight excluding hydrogens is 316 g/mol. The fourth-order valence-electron chi connectivity index (χ4n) is 3.22. The number of hydrogen-bond donors (Lipinski definition) is 0. The van der Waals surface area contributed by atoms with Crippen molar-refractivity contribution < 1.29 is 9.53 Å². The summed E-state index contributed by atoms with van der Waals surface area (Å²) in [6, 6.07) is 15.6. The molecule has 0 saturated heterocycles. The summed E-state index contributed by atoms with van der Waals surface area (Å²) >= 11 is 0. The number of para-hydroxylation sites is 1. The molecule has 1 aliphatic heterocycles. The van der Waals surface area contributed by atoms with E-state index in [1.165, 1.54) is 5.56 Å². The molecule has 0 saturated carbocycles. The number of hydrogen-bond acceptors (Lipinski definition) is 4. The third kappa shape index (κ3) is 2.98. The third-order valence-corrected chi connectivity index (χ3v) is 4.34. The van der Waals surface area contributed by atoms with Crippen LogP contribution in [0.4, 0.5) is 5.69 Å². The van der Waals surface area contributed by atoms with Crippen molar-refractivity contribution in [2.45, 2.75) is 19.4 Å². The molecule has 2 heterocycles. The quantitative estimate of drug-likeness (QED) is 0.736.